The van der Waals surface area contributed by atoms with Crippen LogP contribution < -0.4 is 0 Å². The second-order valence-electron chi connectivity index (χ2n) is 6.54. The molecule has 2 fully saturated rings. The summed E-state index contributed by atoms with van der Waals surface area (Å²) in [5.74, 6) is 0.151. The quantitative estimate of drug-likeness (QED) is 0.920. The van der Waals surface area contributed by atoms with Crippen molar-refractivity contribution in [1.82, 2.24) is 9.80 Å². The first-order valence-corrected chi connectivity index (χ1v) is 9.24. The molecule has 2 heterocycles. The van der Waals surface area contributed by atoms with Gasteiger partial charge in [-0.15, -0.1) is 11.3 Å². The lowest BCUT2D eigenvalue weighted by Gasteiger charge is -2.38. The van der Waals surface area contributed by atoms with E-state index in [1.807, 2.05) is 23.1 Å². The van der Waals surface area contributed by atoms with E-state index in [-0.39, 0.29) is 12.0 Å². The Morgan fingerprint density at radius 3 is 2.61 bits per heavy atom. The Kier molecular flexibility index (Phi) is 4.09. The highest BCUT2D eigenvalue weighted by molar-refractivity contribution is 7.20. The van der Waals surface area contributed by atoms with Gasteiger partial charge >= 0.3 is 0 Å². The summed E-state index contributed by atoms with van der Waals surface area (Å²) in [5.41, 5.74) is 0. The number of carbonyl (C=O) groups is 1. The number of nitrogens with zero attached hydrogens (tertiary/aromatic N) is 2. The molecular weight excluding hydrogens is 308 g/mol. The number of aliphatic hydroxyl groups excluding tert-OH is 1. The maximum atomic E-state index is 12.7. The number of fused-ring (bicyclic) bond motifs is 1. The lowest BCUT2D eigenvalue weighted by Crippen LogP contribution is -2.53. The van der Waals surface area contributed by atoms with E-state index in [0.29, 0.717) is 6.04 Å². The van der Waals surface area contributed by atoms with Gasteiger partial charge in [0, 0.05) is 36.9 Å². The Morgan fingerprint density at radius 2 is 1.91 bits per heavy atom. The predicted octanol–water partition coefficient (Wildman–Crippen LogP) is 2.57. The fraction of sp³-hybridized carbons (Fsp3) is 0.500. The molecule has 1 N–H and O–H groups in total. The lowest BCUT2D eigenvalue weighted by molar-refractivity contribution is 0.0318. The monoisotopic (exact) mass is 330 g/mol. The van der Waals surface area contributed by atoms with Crippen molar-refractivity contribution in [3.8, 4) is 0 Å². The van der Waals surface area contributed by atoms with Crippen molar-refractivity contribution in [1.29, 1.82) is 0 Å². The van der Waals surface area contributed by atoms with E-state index in [2.05, 4.69) is 17.0 Å². The number of aliphatic hydroxyl groups is 1. The van der Waals surface area contributed by atoms with Gasteiger partial charge < -0.3 is 10.0 Å². The largest absolute Gasteiger partial charge is 0.391 e. The number of hydrogen-bond donors (Lipinski definition) is 1. The molecule has 1 aliphatic heterocycles. The van der Waals surface area contributed by atoms with Gasteiger partial charge in [-0.3, -0.25) is 9.69 Å². The number of amides is 1. The van der Waals surface area contributed by atoms with E-state index in [1.54, 1.807) is 11.3 Å². The molecule has 0 spiro atoms. The molecule has 4 rings (SSSR count). The SMILES string of the molecule is O=C(c1cc2ccccc2s1)N1CCN([C@H]2CCC[C@@H]2O)CC1. The van der Waals surface area contributed by atoms with Crippen LogP contribution in [0.15, 0.2) is 30.3 Å². The van der Waals surface area contributed by atoms with Crippen molar-refractivity contribution in [2.24, 2.45) is 0 Å². The second kappa shape index (κ2) is 6.23. The van der Waals surface area contributed by atoms with Gasteiger partial charge in [0.2, 0.25) is 0 Å². The Labute approximate surface area is 140 Å². The maximum Gasteiger partial charge on any atom is 0.264 e. The Hall–Kier alpha value is -1.43. The first-order chi connectivity index (χ1) is 11.2. The standard InChI is InChI=1S/C18H22N2O2S/c21-15-6-3-5-14(15)19-8-10-20(11-9-19)18(22)17-12-13-4-1-2-7-16(13)23-17/h1-2,4,7,12,14-15,21H,3,5-6,8-11H2/t14-,15-/m0/s1. The minimum atomic E-state index is -0.181. The minimum absolute atomic E-state index is 0.151. The Bertz CT molecular complexity index is 673. The predicted molar refractivity (Wildman–Crippen MR) is 92.9 cm³/mol. The Balaban J connectivity index is 1.42. The van der Waals surface area contributed by atoms with Crippen LogP contribution in [0.5, 0.6) is 0 Å². The summed E-state index contributed by atoms with van der Waals surface area (Å²) in [6, 6.07) is 10.5. The first-order valence-electron chi connectivity index (χ1n) is 8.42. The van der Waals surface area contributed by atoms with Crippen LogP contribution in [0.4, 0.5) is 0 Å². The van der Waals surface area contributed by atoms with E-state index >= 15 is 0 Å². The third-order valence-electron chi connectivity index (χ3n) is 5.15. The Morgan fingerprint density at radius 1 is 1.13 bits per heavy atom. The number of thiophene rings is 1. The minimum Gasteiger partial charge on any atom is -0.391 e. The number of carbonyl (C=O) groups excluding carboxylic acids is 1. The molecule has 2 aromatic rings. The van der Waals surface area contributed by atoms with Crippen LogP contribution in [-0.4, -0.2) is 59.1 Å². The molecule has 4 nitrogen and oxygen atoms in total. The van der Waals surface area contributed by atoms with Crippen molar-refractivity contribution in [3.05, 3.63) is 35.2 Å². The summed E-state index contributed by atoms with van der Waals surface area (Å²) in [6.45, 7) is 3.27. The zero-order chi connectivity index (χ0) is 15.8. The zero-order valence-corrected chi connectivity index (χ0v) is 14.0. The summed E-state index contributed by atoms with van der Waals surface area (Å²) < 4.78 is 1.17. The fourth-order valence-corrected chi connectivity index (χ4v) is 4.88. The van der Waals surface area contributed by atoms with E-state index in [9.17, 15) is 9.90 Å². The number of hydrogen-bond acceptors (Lipinski definition) is 4. The normalized spacial score (nSPS) is 26.0. The molecule has 122 valence electrons. The van der Waals surface area contributed by atoms with Crippen LogP contribution in [0, 0.1) is 0 Å². The van der Waals surface area contributed by atoms with Gasteiger partial charge in [0.25, 0.3) is 5.91 Å². The number of benzene rings is 1. The van der Waals surface area contributed by atoms with Crippen molar-refractivity contribution >= 4 is 27.3 Å². The zero-order valence-electron chi connectivity index (χ0n) is 13.1. The van der Waals surface area contributed by atoms with E-state index < -0.39 is 0 Å². The van der Waals surface area contributed by atoms with Gasteiger partial charge in [0.1, 0.15) is 0 Å². The average Bonchev–Trinajstić information content (AvgIpc) is 3.20. The van der Waals surface area contributed by atoms with Gasteiger partial charge in [0.05, 0.1) is 11.0 Å². The lowest BCUT2D eigenvalue weighted by atomic mass is 10.1. The fourth-order valence-electron chi connectivity index (χ4n) is 3.85. The summed E-state index contributed by atoms with van der Waals surface area (Å²) in [6.07, 6.45) is 2.95. The third-order valence-corrected chi connectivity index (χ3v) is 6.25. The van der Waals surface area contributed by atoms with Gasteiger partial charge in [0.15, 0.2) is 0 Å². The van der Waals surface area contributed by atoms with Crippen LogP contribution in [0.1, 0.15) is 28.9 Å². The first kappa shape index (κ1) is 15.1. The van der Waals surface area contributed by atoms with Gasteiger partial charge in [-0.2, -0.15) is 0 Å². The van der Waals surface area contributed by atoms with Gasteiger partial charge in [-0.05, 0) is 36.8 Å². The van der Waals surface area contributed by atoms with Crippen LogP contribution in [-0.2, 0) is 0 Å². The molecule has 0 unspecified atom stereocenters. The molecule has 23 heavy (non-hydrogen) atoms. The van der Waals surface area contributed by atoms with Crippen molar-refractivity contribution < 1.29 is 9.90 Å². The van der Waals surface area contributed by atoms with Crippen molar-refractivity contribution in [2.45, 2.75) is 31.4 Å². The molecule has 0 radical (unpaired) electrons. The molecule has 1 aliphatic carbocycles. The molecule has 1 aromatic carbocycles. The average molecular weight is 330 g/mol. The highest BCUT2D eigenvalue weighted by atomic mass is 32.1. The molecule has 1 amide bonds. The number of piperazine rings is 1. The molecule has 1 saturated carbocycles. The smallest absolute Gasteiger partial charge is 0.264 e. The highest BCUT2D eigenvalue weighted by Gasteiger charge is 2.33. The second-order valence-corrected chi connectivity index (χ2v) is 7.63. The highest BCUT2D eigenvalue weighted by Crippen LogP contribution is 2.28. The summed E-state index contributed by atoms with van der Waals surface area (Å²) in [5, 5.41) is 11.2. The van der Waals surface area contributed by atoms with Crippen molar-refractivity contribution in [3.63, 3.8) is 0 Å². The molecule has 1 aromatic heterocycles. The van der Waals surface area contributed by atoms with Gasteiger partial charge in [-0.25, -0.2) is 0 Å². The molecule has 1 saturated heterocycles. The number of rotatable bonds is 2. The van der Waals surface area contributed by atoms with E-state index in [4.69, 9.17) is 0 Å². The van der Waals surface area contributed by atoms with Crippen LogP contribution in [0.25, 0.3) is 10.1 Å². The van der Waals surface area contributed by atoms with Crippen LogP contribution >= 0.6 is 11.3 Å². The van der Waals surface area contributed by atoms with E-state index in [0.717, 1.165) is 55.7 Å². The topological polar surface area (TPSA) is 43.8 Å². The van der Waals surface area contributed by atoms with Gasteiger partial charge in [-0.1, -0.05) is 18.2 Å². The van der Waals surface area contributed by atoms with Crippen LogP contribution in [0.3, 0.4) is 0 Å². The summed E-state index contributed by atoms with van der Waals surface area (Å²) in [4.78, 5) is 17.9. The van der Waals surface area contributed by atoms with Crippen molar-refractivity contribution in [2.75, 3.05) is 26.2 Å². The summed E-state index contributed by atoms with van der Waals surface area (Å²) >= 11 is 1.58. The maximum absolute atomic E-state index is 12.7. The van der Waals surface area contributed by atoms with Crippen LogP contribution in [0.2, 0.25) is 0 Å². The molecule has 2 aliphatic rings. The molecule has 2 atom stereocenters. The third kappa shape index (κ3) is 2.89. The summed E-state index contributed by atoms with van der Waals surface area (Å²) in [7, 11) is 0. The molecule has 5 heteroatoms. The van der Waals surface area contributed by atoms with E-state index in [1.165, 1.54) is 4.70 Å². The molecular formula is C18H22N2O2S. The molecule has 0 bridgehead atoms.